The van der Waals surface area contributed by atoms with Gasteiger partial charge in [-0.15, -0.1) is 0 Å². The Balaban J connectivity index is 2.62. The number of aryl methyl sites for hydroxylation is 1. The van der Waals surface area contributed by atoms with E-state index in [0.29, 0.717) is 30.1 Å². The van der Waals surface area contributed by atoms with E-state index in [1.807, 2.05) is 0 Å². The quantitative estimate of drug-likeness (QED) is 0.720. The van der Waals surface area contributed by atoms with E-state index in [2.05, 4.69) is 12.2 Å². The molecule has 1 rings (SSSR count). The molecule has 0 spiro atoms. The second kappa shape index (κ2) is 7.01. The van der Waals surface area contributed by atoms with Crippen LogP contribution in [0.2, 0.25) is 0 Å². The number of rotatable bonds is 6. The molecule has 1 aromatic carbocycles. The molecule has 0 saturated heterocycles. The first-order chi connectivity index (χ1) is 8.60. The lowest BCUT2D eigenvalue weighted by molar-refractivity contribution is 0.0943. The maximum atomic E-state index is 11.9. The summed E-state index contributed by atoms with van der Waals surface area (Å²) in [6.07, 6.45) is 1.88. The summed E-state index contributed by atoms with van der Waals surface area (Å²) in [4.78, 5) is 11.9. The molecule has 1 aromatic rings. The largest absolute Gasteiger partial charge is 0.507 e. The number of benzene rings is 1. The summed E-state index contributed by atoms with van der Waals surface area (Å²) in [7, 11) is 0. The van der Waals surface area contributed by atoms with Gasteiger partial charge in [0.1, 0.15) is 5.75 Å². The number of carbonyl (C=O) groups is 1. The molecule has 0 aliphatic heterocycles. The molecule has 4 N–H and O–H groups in total. The van der Waals surface area contributed by atoms with Crippen molar-refractivity contribution in [2.75, 3.05) is 13.1 Å². The van der Waals surface area contributed by atoms with E-state index in [1.54, 1.807) is 25.1 Å². The molecule has 0 aliphatic carbocycles. The van der Waals surface area contributed by atoms with E-state index in [4.69, 9.17) is 5.73 Å². The Hall–Kier alpha value is -1.55. The molecule has 0 fully saturated rings. The van der Waals surface area contributed by atoms with E-state index in [-0.39, 0.29) is 11.7 Å². The normalized spacial score (nSPS) is 12.2. The Morgan fingerprint density at radius 2 is 2.22 bits per heavy atom. The van der Waals surface area contributed by atoms with Gasteiger partial charge in [0, 0.05) is 6.54 Å². The zero-order valence-corrected chi connectivity index (χ0v) is 11.1. The average molecular weight is 250 g/mol. The first kappa shape index (κ1) is 14.5. The summed E-state index contributed by atoms with van der Waals surface area (Å²) in [6.45, 7) is 5.08. The van der Waals surface area contributed by atoms with Crippen LogP contribution >= 0.6 is 0 Å². The molecule has 0 saturated carbocycles. The number of carbonyl (C=O) groups excluding carboxylic acids is 1. The van der Waals surface area contributed by atoms with E-state index in [1.165, 1.54) is 0 Å². The van der Waals surface area contributed by atoms with Crippen molar-refractivity contribution >= 4 is 5.91 Å². The van der Waals surface area contributed by atoms with Crippen molar-refractivity contribution < 1.29 is 9.90 Å². The van der Waals surface area contributed by atoms with Crippen LogP contribution in [0, 0.1) is 12.8 Å². The number of nitrogens with one attached hydrogen (secondary N) is 1. The van der Waals surface area contributed by atoms with Crippen LogP contribution in [0.3, 0.4) is 0 Å². The first-order valence-electron chi connectivity index (χ1n) is 6.37. The van der Waals surface area contributed by atoms with Gasteiger partial charge < -0.3 is 16.2 Å². The monoisotopic (exact) mass is 250 g/mol. The number of para-hydroxylation sites is 1. The predicted molar refractivity (Wildman–Crippen MR) is 72.6 cm³/mol. The smallest absolute Gasteiger partial charge is 0.255 e. The molecule has 0 bridgehead atoms. The number of phenolic OH excluding ortho intramolecular Hbond substituents is 1. The van der Waals surface area contributed by atoms with Crippen molar-refractivity contribution in [1.82, 2.24) is 5.32 Å². The zero-order chi connectivity index (χ0) is 13.5. The third-order valence-electron chi connectivity index (χ3n) is 3.19. The van der Waals surface area contributed by atoms with Gasteiger partial charge in [0.15, 0.2) is 0 Å². The summed E-state index contributed by atoms with van der Waals surface area (Å²) < 4.78 is 0. The maximum Gasteiger partial charge on any atom is 0.255 e. The number of hydrogen-bond donors (Lipinski definition) is 3. The summed E-state index contributed by atoms with van der Waals surface area (Å²) in [5, 5.41) is 12.7. The van der Waals surface area contributed by atoms with Gasteiger partial charge in [0.2, 0.25) is 0 Å². The van der Waals surface area contributed by atoms with Gasteiger partial charge in [0.05, 0.1) is 5.56 Å². The molecule has 1 atom stereocenters. The van der Waals surface area contributed by atoms with Crippen LogP contribution in [0.4, 0.5) is 0 Å². The molecular weight excluding hydrogens is 228 g/mol. The van der Waals surface area contributed by atoms with Gasteiger partial charge in [0.25, 0.3) is 5.91 Å². The molecule has 4 nitrogen and oxygen atoms in total. The van der Waals surface area contributed by atoms with E-state index in [9.17, 15) is 9.90 Å². The van der Waals surface area contributed by atoms with Gasteiger partial charge in [-0.3, -0.25) is 4.79 Å². The highest BCUT2D eigenvalue weighted by atomic mass is 16.3. The van der Waals surface area contributed by atoms with Crippen molar-refractivity contribution in [3.8, 4) is 5.75 Å². The van der Waals surface area contributed by atoms with Crippen LogP contribution < -0.4 is 11.1 Å². The van der Waals surface area contributed by atoms with Gasteiger partial charge >= 0.3 is 0 Å². The van der Waals surface area contributed by atoms with Crippen LogP contribution in [0.15, 0.2) is 18.2 Å². The Bertz CT molecular complexity index is 405. The van der Waals surface area contributed by atoms with Crippen LogP contribution in [0.5, 0.6) is 5.75 Å². The fourth-order valence-electron chi connectivity index (χ4n) is 1.86. The molecular formula is C14H22N2O2. The standard InChI is InChI=1S/C14H22N2O2/c1-3-11(7-8-15)9-16-14(18)12-6-4-5-10(2)13(12)17/h4-6,11,17H,3,7-9,15H2,1-2H3,(H,16,18). The minimum atomic E-state index is -0.230. The molecule has 1 unspecified atom stereocenters. The molecule has 18 heavy (non-hydrogen) atoms. The highest BCUT2D eigenvalue weighted by molar-refractivity contribution is 5.97. The maximum absolute atomic E-state index is 11.9. The van der Waals surface area contributed by atoms with E-state index in [0.717, 1.165) is 12.8 Å². The van der Waals surface area contributed by atoms with Gasteiger partial charge in [-0.25, -0.2) is 0 Å². The Labute approximate surface area is 108 Å². The van der Waals surface area contributed by atoms with E-state index >= 15 is 0 Å². The van der Waals surface area contributed by atoms with Crippen LogP contribution in [-0.4, -0.2) is 24.1 Å². The number of nitrogens with two attached hydrogens (primary N) is 1. The molecule has 0 aromatic heterocycles. The first-order valence-corrected chi connectivity index (χ1v) is 6.37. The summed E-state index contributed by atoms with van der Waals surface area (Å²) in [5.41, 5.74) is 6.55. The molecule has 1 amide bonds. The third kappa shape index (κ3) is 3.74. The van der Waals surface area contributed by atoms with Crippen molar-refractivity contribution in [1.29, 1.82) is 0 Å². The average Bonchev–Trinajstić information content (AvgIpc) is 2.37. The molecule has 0 radical (unpaired) electrons. The van der Waals surface area contributed by atoms with Crippen LogP contribution in [0.25, 0.3) is 0 Å². The number of hydrogen-bond acceptors (Lipinski definition) is 3. The Morgan fingerprint density at radius 3 is 2.83 bits per heavy atom. The fraction of sp³-hybridized carbons (Fsp3) is 0.500. The number of phenols is 1. The Morgan fingerprint density at radius 1 is 1.50 bits per heavy atom. The molecule has 100 valence electrons. The predicted octanol–water partition coefficient (Wildman–Crippen LogP) is 1.81. The Kier molecular flexibility index (Phi) is 5.65. The van der Waals surface area contributed by atoms with Crippen molar-refractivity contribution in [3.05, 3.63) is 29.3 Å². The highest BCUT2D eigenvalue weighted by Gasteiger charge is 2.13. The zero-order valence-electron chi connectivity index (χ0n) is 11.1. The number of amides is 1. The van der Waals surface area contributed by atoms with Gasteiger partial charge in [-0.1, -0.05) is 25.5 Å². The van der Waals surface area contributed by atoms with Crippen molar-refractivity contribution in [2.24, 2.45) is 11.7 Å². The minimum absolute atomic E-state index is 0.0573. The molecule has 4 heteroatoms. The van der Waals surface area contributed by atoms with Gasteiger partial charge in [-0.2, -0.15) is 0 Å². The summed E-state index contributed by atoms with van der Waals surface area (Å²) >= 11 is 0. The molecule has 0 aliphatic rings. The van der Waals surface area contributed by atoms with Crippen molar-refractivity contribution in [3.63, 3.8) is 0 Å². The minimum Gasteiger partial charge on any atom is -0.507 e. The summed E-state index contributed by atoms with van der Waals surface area (Å²) in [6, 6.07) is 5.16. The molecule has 0 heterocycles. The van der Waals surface area contributed by atoms with Gasteiger partial charge in [-0.05, 0) is 37.4 Å². The van der Waals surface area contributed by atoms with Crippen LogP contribution in [-0.2, 0) is 0 Å². The second-order valence-electron chi connectivity index (χ2n) is 4.53. The lowest BCUT2D eigenvalue weighted by atomic mass is 10.0. The topological polar surface area (TPSA) is 75.3 Å². The SMILES string of the molecule is CCC(CCN)CNC(=O)c1cccc(C)c1O. The number of aromatic hydroxyl groups is 1. The fourth-order valence-corrected chi connectivity index (χ4v) is 1.86. The second-order valence-corrected chi connectivity index (χ2v) is 4.53. The van der Waals surface area contributed by atoms with E-state index < -0.39 is 0 Å². The highest BCUT2D eigenvalue weighted by Crippen LogP contribution is 2.21. The lowest BCUT2D eigenvalue weighted by Crippen LogP contribution is -2.30. The third-order valence-corrected chi connectivity index (χ3v) is 3.19. The van der Waals surface area contributed by atoms with Crippen molar-refractivity contribution in [2.45, 2.75) is 26.7 Å². The summed E-state index contributed by atoms with van der Waals surface area (Å²) in [5.74, 6) is 0.222. The lowest BCUT2D eigenvalue weighted by Gasteiger charge is -2.15. The van der Waals surface area contributed by atoms with Crippen LogP contribution in [0.1, 0.15) is 35.7 Å².